The van der Waals surface area contributed by atoms with Crippen molar-refractivity contribution < 1.29 is 9.63 Å². The van der Waals surface area contributed by atoms with Crippen LogP contribution in [-0.4, -0.2) is 23.0 Å². The summed E-state index contributed by atoms with van der Waals surface area (Å²) in [5.74, 6) is -0.492. The Labute approximate surface area is 63.4 Å². The maximum Gasteiger partial charge on any atom is 0.359 e. The number of carbonyl (C=O) groups excluding carboxylic acids is 1. The van der Waals surface area contributed by atoms with Crippen molar-refractivity contribution in [3.05, 3.63) is 24.3 Å². The van der Waals surface area contributed by atoms with Crippen LogP contribution >= 0.6 is 0 Å². The summed E-state index contributed by atoms with van der Waals surface area (Å²) in [4.78, 5) is 22.6. The van der Waals surface area contributed by atoms with Gasteiger partial charge in [0.05, 0.1) is 5.56 Å². The van der Waals surface area contributed by atoms with E-state index in [0.717, 1.165) is 0 Å². The highest BCUT2D eigenvalue weighted by atomic mass is 16.7. The lowest BCUT2D eigenvalue weighted by Crippen LogP contribution is -2.15. The molecule has 1 aromatic heterocycles. The lowest BCUT2D eigenvalue weighted by atomic mass is 10.4. The molecule has 0 aliphatic heterocycles. The zero-order chi connectivity index (χ0) is 8.10. The Morgan fingerprint density at radius 2 is 2.18 bits per heavy atom. The quantitative estimate of drug-likeness (QED) is 0.594. The fraction of sp³-hybridized carbons (Fsp3) is 0.167. The van der Waals surface area contributed by atoms with Crippen molar-refractivity contribution in [2.24, 2.45) is 0 Å². The fourth-order valence-electron chi connectivity index (χ4n) is 0.556. The second-order valence-electron chi connectivity index (χ2n) is 1.72. The molecule has 5 nitrogen and oxygen atoms in total. The summed E-state index contributed by atoms with van der Waals surface area (Å²) in [6.07, 6.45) is 4.11. The van der Waals surface area contributed by atoms with Gasteiger partial charge in [-0.05, 0) is 0 Å². The average Bonchev–Trinajstić information content (AvgIpc) is 2.07. The molecule has 0 spiro atoms. The second kappa shape index (κ2) is 3.62. The molecule has 0 atom stereocenters. The lowest BCUT2D eigenvalue weighted by Gasteiger charge is -1.98. The van der Waals surface area contributed by atoms with Gasteiger partial charge in [0, 0.05) is 19.4 Å². The molecule has 0 fully saturated rings. The van der Waals surface area contributed by atoms with Gasteiger partial charge < -0.3 is 4.84 Å². The number of hydroxylamine groups is 1. The predicted molar refractivity (Wildman–Crippen MR) is 36.5 cm³/mol. The van der Waals surface area contributed by atoms with Crippen molar-refractivity contribution in [2.45, 2.75) is 0 Å². The van der Waals surface area contributed by atoms with Crippen molar-refractivity contribution >= 4 is 5.97 Å². The van der Waals surface area contributed by atoms with E-state index in [1.54, 1.807) is 0 Å². The van der Waals surface area contributed by atoms with Crippen LogP contribution in [0.2, 0.25) is 0 Å². The van der Waals surface area contributed by atoms with Crippen LogP contribution in [0.15, 0.2) is 18.7 Å². The van der Waals surface area contributed by atoms with Gasteiger partial charge in [-0.25, -0.2) is 14.8 Å². The molecule has 0 aliphatic carbocycles. The Morgan fingerprint density at radius 1 is 1.55 bits per heavy atom. The van der Waals surface area contributed by atoms with Crippen molar-refractivity contribution in [2.75, 3.05) is 7.05 Å². The molecule has 58 valence electrons. The molecule has 1 aromatic rings. The van der Waals surface area contributed by atoms with E-state index in [0.29, 0.717) is 5.56 Å². The predicted octanol–water partition coefficient (Wildman–Crippen LogP) is -0.232. The molecule has 0 bridgehead atoms. The first-order valence-corrected chi connectivity index (χ1v) is 2.97. The van der Waals surface area contributed by atoms with Gasteiger partial charge in [-0.2, -0.15) is 5.48 Å². The molecule has 1 N–H and O–H groups in total. The summed E-state index contributed by atoms with van der Waals surface area (Å²) >= 11 is 0. The number of rotatable bonds is 2. The Bertz CT molecular complexity index is 237. The molecule has 0 unspecified atom stereocenters. The molecule has 1 heterocycles. The summed E-state index contributed by atoms with van der Waals surface area (Å²) < 4.78 is 0. The van der Waals surface area contributed by atoms with Crippen molar-refractivity contribution in [1.29, 1.82) is 0 Å². The molecule has 0 saturated carbocycles. The Balaban J connectivity index is 2.69. The van der Waals surface area contributed by atoms with Crippen LogP contribution in [0.5, 0.6) is 0 Å². The molecule has 11 heavy (non-hydrogen) atoms. The molecule has 5 heteroatoms. The van der Waals surface area contributed by atoms with Gasteiger partial charge in [0.1, 0.15) is 6.33 Å². The Hall–Kier alpha value is -1.49. The van der Waals surface area contributed by atoms with Crippen LogP contribution in [0.3, 0.4) is 0 Å². The van der Waals surface area contributed by atoms with Gasteiger partial charge in [-0.15, -0.1) is 0 Å². The van der Waals surface area contributed by atoms with E-state index in [4.69, 9.17) is 0 Å². The van der Waals surface area contributed by atoms with E-state index in [1.807, 2.05) is 0 Å². The number of hydrogen-bond donors (Lipinski definition) is 1. The van der Waals surface area contributed by atoms with Gasteiger partial charge in [0.2, 0.25) is 0 Å². The third kappa shape index (κ3) is 1.98. The molecule has 0 aromatic carbocycles. The van der Waals surface area contributed by atoms with Crippen LogP contribution in [0.25, 0.3) is 0 Å². The van der Waals surface area contributed by atoms with Crippen LogP contribution < -0.4 is 5.48 Å². The SMILES string of the molecule is CNOC(=O)c1cncnc1. The fourth-order valence-corrected chi connectivity index (χ4v) is 0.556. The van der Waals surface area contributed by atoms with E-state index in [9.17, 15) is 4.79 Å². The van der Waals surface area contributed by atoms with E-state index in [2.05, 4.69) is 20.3 Å². The number of nitrogens with one attached hydrogen (secondary N) is 1. The molecule has 0 radical (unpaired) electrons. The first-order valence-electron chi connectivity index (χ1n) is 2.97. The van der Waals surface area contributed by atoms with Gasteiger partial charge >= 0.3 is 5.97 Å². The molecular weight excluding hydrogens is 146 g/mol. The van der Waals surface area contributed by atoms with Gasteiger partial charge in [0.15, 0.2) is 0 Å². The zero-order valence-corrected chi connectivity index (χ0v) is 5.94. The van der Waals surface area contributed by atoms with E-state index >= 15 is 0 Å². The maximum absolute atomic E-state index is 10.9. The second-order valence-corrected chi connectivity index (χ2v) is 1.72. The number of carbonyl (C=O) groups is 1. The highest BCUT2D eigenvalue weighted by Crippen LogP contribution is 1.93. The van der Waals surface area contributed by atoms with Gasteiger partial charge in [0.25, 0.3) is 0 Å². The molecule has 0 aliphatic rings. The number of nitrogens with zero attached hydrogens (tertiary/aromatic N) is 2. The third-order valence-electron chi connectivity index (χ3n) is 0.991. The van der Waals surface area contributed by atoms with Gasteiger partial charge in [-0.3, -0.25) is 0 Å². The topological polar surface area (TPSA) is 64.1 Å². The van der Waals surface area contributed by atoms with Crippen molar-refractivity contribution in [3.63, 3.8) is 0 Å². The summed E-state index contributed by atoms with van der Waals surface area (Å²) in [5, 5.41) is 0. The normalized spacial score (nSPS) is 9.18. The molecule has 0 amide bonds. The zero-order valence-electron chi connectivity index (χ0n) is 5.94. The minimum absolute atomic E-state index is 0.321. The first kappa shape index (κ1) is 7.62. The standard InChI is InChI=1S/C6H7N3O2/c1-7-11-6(10)5-2-8-4-9-3-5/h2-4,7H,1H3. The number of hydrogen-bond acceptors (Lipinski definition) is 5. The summed E-state index contributed by atoms with van der Waals surface area (Å²) in [6.45, 7) is 0. The molecule has 0 saturated heterocycles. The van der Waals surface area contributed by atoms with E-state index in [-0.39, 0.29) is 0 Å². The van der Waals surface area contributed by atoms with Crippen LogP contribution in [-0.2, 0) is 4.84 Å². The molecular formula is C6H7N3O2. The monoisotopic (exact) mass is 153 g/mol. The molecule has 1 rings (SSSR count). The van der Waals surface area contributed by atoms with Crippen LogP contribution in [0, 0.1) is 0 Å². The van der Waals surface area contributed by atoms with E-state index in [1.165, 1.54) is 25.8 Å². The minimum atomic E-state index is -0.492. The van der Waals surface area contributed by atoms with Crippen LogP contribution in [0.4, 0.5) is 0 Å². The number of aromatic nitrogens is 2. The largest absolute Gasteiger partial charge is 0.367 e. The van der Waals surface area contributed by atoms with E-state index < -0.39 is 5.97 Å². The highest BCUT2D eigenvalue weighted by Gasteiger charge is 2.05. The highest BCUT2D eigenvalue weighted by molar-refractivity contribution is 5.88. The Kier molecular flexibility index (Phi) is 2.51. The van der Waals surface area contributed by atoms with Crippen LogP contribution in [0.1, 0.15) is 10.4 Å². The lowest BCUT2D eigenvalue weighted by molar-refractivity contribution is 0.0309. The summed E-state index contributed by atoms with van der Waals surface area (Å²) in [7, 11) is 1.50. The smallest absolute Gasteiger partial charge is 0.359 e. The third-order valence-corrected chi connectivity index (χ3v) is 0.991. The summed E-state index contributed by atoms with van der Waals surface area (Å²) in [5.41, 5.74) is 2.58. The van der Waals surface area contributed by atoms with Crippen molar-refractivity contribution in [3.8, 4) is 0 Å². The Morgan fingerprint density at radius 3 is 2.73 bits per heavy atom. The van der Waals surface area contributed by atoms with Crippen molar-refractivity contribution in [1.82, 2.24) is 15.4 Å². The maximum atomic E-state index is 10.9. The summed E-state index contributed by atoms with van der Waals surface area (Å²) in [6, 6.07) is 0. The van der Waals surface area contributed by atoms with Gasteiger partial charge in [-0.1, -0.05) is 0 Å². The average molecular weight is 153 g/mol. The minimum Gasteiger partial charge on any atom is -0.367 e. The first-order chi connectivity index (χ1) is 5.34.